The number of nitrogens with one attached hydrogen (secondary N) is 4. The third-order valence-electron chi connectivity index (χ3n) is 6.02. The lowest BCUT2D eigenvalue weighted by molar-refractivity contribution is -0.137. The summed E-state index contributed by atoms with van der Waals surface area (Å²) in [7, 11) is 3.93. The number of carbonyl (C=O) groups is 2. The fourth-order valence-corrected chi connectivity index (χ4v) is 3.80. The van der Waals surface area contributed by atoms with Crippen molar-refractivity contribution in [1.82, 2.24) is 14.9 Å². The van der Waals surface area contributed by atoms with Crippen molar-refractivity contribution in [2.45, 2.75) is 13.1 Å². The summed E-state index contributed by atoms with van der Waals surface area (Å²) in [5, 5.41) is 11.0. The molecule has 0 spiro atoms. The molecule has 0 saturated carbocycles. The number of benzene rings is 3. The van der Waals surface area contributed by atoms with Gasteiger partial charge in [-0.3, -0.25) is 10.1 Å². The van der Waals surface area contributed by atoms with Gasteiger partial charge in [0.2, 0.25) is 0 Å². The summed E-state index contributed by atoms with van der Waals surface area (Å²) >= 11 is 0. The van der Waals surface area contributed by atoms with Crippen LogP contribution in [0.5, 0.6) is 5.75 Å². The number of halogens is 3. The highest BCUT2D eigenvalue weighted by Gasteiger charge is 2.30. The van der Waals surface area contributed by atoms with Gasteiger partial charge in [0, 0.05) is 41.3 Å². The molecule has 10 nitrogen and oxygen atoms in total. The number of aryl methyl sites for hydroxylation is 1. The summed E-state index contributed by atoms with van der Waals surface area (Å²) in [6.45, 7) is 3.07. The zero-order valence-corrected chi connectivity index (χ0v) is 23.6. The Morgan fingerprint density at radius 2 is 1.63 bits per heavy atom. The van der Waals surface area contributed by atoms with Crippen molar-refractivity contribution in [3.8, 4) is 5.75 Å². The van der Waals surface area contributed by atoms with Crippen molar-refractivity contribution in [1.29, 1.82) is 0 Å². The lowest BCUT2D eigenvalue weighted by atomic mass is 10.1. The number of carbonyl (C=O) groups excluding carboxylic acids is 2. The van der Waals surface area contributed by atoms with E-state index < -0.39 is 23.7 Å². The first-order valence-corrected chi connectivity index (χ1v) is 13.1. The molecule has 4 rings (SSSR count). The van der Waals surface area contributed by atoms with Crippen LogP contribution in [0.2, 0.25) is 0 Å². The first kappa shape index (κ1) is 30.8. The zero-order valence-electron chi connectivity index (χ0n) is 23.6. The van der Waals surface area contributed by atoms with E-state index in [1.165, 1.54) is 18.5 Å². The molecule has 1 aromatic heterocycles. The molecule has 0 atom stereocenters. The number of likely N-dealkylation sites (N-methyl/N-ethyl adjacent to an activating group) is 1. The van der Waals surface area contributed by atoms with Gasteiger partial charge in [-0.05, 0) is 69.0 Å². The fourth-order valence-electron chi connectivity index (χ4n) is 3.80. The molecule has 0 saturated heterocycles. The molecule has 0 fully saturated rings. The molecule has 43 heavy (non-hydrogen) atoms. The highest BCUT2D eigenvalue weighted by molar-refractivity contribution is 6.05. The SMILES string of the molecule is Cc1ccc(NC(=O)c2cccc(C(F)(F)F)c2)cc1NC(=O)Nc1cc(Nc2cccc(OCCN(C)C)c2)ncn1. The number of amides is 3. The Morgan fingerprint density at radius 3 is 2.40 bits per heavy atom. The molecule has 1 heterocycles. The van der Waals surface area contributed by atoms with Crippen LogP contribution in [-0.4, -0.2) is 54.1 Å². The molecule has 0 aliphatic heterocycles. The van der Waals surface area contributed by atoms with Gasteiger partial charge in [-0.1, -0.05) is 18.2 Å². The predicted molar refractivity (Wildman–Crippen MR) is 159 cm³/mol. The number of urea groups is 1. The number of hydrogen-bond acceptors (Lipinski definition) is 7. The molecule has 0 radical (unpaired) electrons. The summed E-state index contributed by atoms with van der Waals surface area (Å²) in [6, 6.07) is 17.2. The summed E-state index contributed by atoms with van der Waals surface area (Å²) in [5.74, 6) is 0.630. The van der Waals surface area contributed by atoms with Crippen LogP contribution in [-0.2, 0) is 6.18 Å². The highest BCUT2D eigenvalue weighted by atomic mass is 19.4. The van der Waals surface area contributed by atoms with Crippen molar-refractivity contribution in [2.24, 2.45) is 0 Å². The molecule has 4 N–H and O–H groups in total. The van der Waals surface area contributed by atoms with Crippen molar-refractivity contribution in [3.05, 3.63) is 95.8 Å². The number of nitrogens with zero attached hydrogens (tertiary/aromatic N) is 3. The average molecular weight is 594 g/mol. The largest absolute Gasteiger partial charge is 0.492 e. The lowest BCUT2D eigenvalue weighted by Crippen LogP contribution is -2.21. The number of alkyl halides is 3. The Balaban J connectivity index is 1.37. The van der Waals surface area contributed by atoms with Crippen LogP contribution in [0.1, 0.15) is 21.5 Å². The predicted octanol–water partition coefficient (Wildman–Crippen LogP) is 6.38. The molecule has 13 heteroatoms. The van der Waals surface area contributed by atoms with Crippen molar-refractivity contribution < 1.29 is 27.5 Å². The first-order chi connectivity index (χ1) is 20.5. The molecule has 224 valence electrons. The molecule has 0 aliphatic carbocycles. The number of rotatable bonds is 10. The first-order valence-electron chi connectivity index (χ1n) is 13.1. The maximum absolute atomic E-state index is 13.0. The van der Waals surface area contributed by atoms with Gasteiger partial charge in [-0.2, -0.15) is 13.2 Å². The Kier molecular flexibility index (Phi) is 9.78. The minimum absolute atomic E-state index is 0.153. The van der Waals surface area contributed by atoms with Crippen LogP contribution >= 0.6 is 0 Å². The van der Waals surface area contributed by atoms with Crippen LogP contribution in [0.15, 0.2) is 79.1 Å². The topological polar surface area (TPSA) is 121 Å². The fraction of sp³-hybridized carbons (Fsp3) is 0.200. The summed E-state index contributed by atoms with van der Waals surface area (Å²) in [5.41, 5.74) is 0.993. The third-order valence-corrected chi connectivity index (χ3v) is 6.02. The van der Waals surface area contributed by atoms with Gasteiger partial charge in [-0.25, -0.2) is 14.8 Å². The quantitative estimate of drug-likeness (QED) is 0.168. The van der Waals surface area contributed by atoms with Crippen LogP contribution < -0.4 is 26.0 Å². The molecule has 4 aromatic rings. The molecule has 3 aromatic carbocycles. The molecule has 0 unspecified atom stereocenters. The average Bonchev–Trinajstić information content (AvgIpc) is 2.94. The second-order valence-electron chi connectivity index (χ2n) is 9.73. The third kappa shape index (κ3) is 9.16. The maximum atomic E-state index is 13.0. The van der Waals surface area contributed by atoms with Gasteiger partial charge in [0.05, 0.1) is 5.56 Å². The molecule has 0 aliphatic rings. The van der Waals surface area contributed by atoms with E-state index in [0.29, 0.717) is 29.4 Å². The van der Waals surface area contributed by atoms with E-state index in [1.807, 2.05) is 43.3 Å². The highest BCUT2D eigenvalue weighted by Crippen LogP contribution is 2.30. The van der Waals surface area contributed by atoms with E-state index >= 15 is 0 Å². The van der Waals surface area contributed by atoms with Gasteiger partial charge in [0.25, 0.3) is 5.91 Å². The second kappa shape index (κ2) is 13.7. The monoisotopic (exact) mass is 593 g/mol. The van der Waals surface area contributed by atoms with Crippen molar-refractivity contribution >= 4 is 40.6 Å². The van der Waals surface area contributed by atoms with Crippen LogP contribution in [0.3, 0.4) is 0 Å². The van der Waals surface area contributed by atoms with Crippen LogP contribution in [0, 0.1) is 6.92 Å². The van der Waals surface area contributed by atoms with Gasteiger partial charge in [0.15, 0.2) is 0 Å². The van der Waals surface area contributed by atoms with E-state index in [0.717, 1.165) is 30.4 Å². The number of hydrogen-bond donors (Lipinski definition) is 4. The molecular formula is C30H30F3N7O3. The van der Waals surface area contributed by atoms with Crippen LogP contribution in [0.25, 0.3) is 0 Å². The maximum Gasteiger partial charge on any atom is 0.416 e. The zero-order chi connectivity index (χ0) is 31.0. The van der Waals surface area contributed by atoms with Gasteiger partial charge in [-0.15, -0.1) is 0 Å². The second-order valence-corrected chi connectivity index (χ2v) is 9.73. The standard InChI is InChI=1S/C30H30F3N7O3/c1-19-10-11-23(37-28(41)20-6-4-7-21(14-20)30(31,32)33)16-25(19)38-29(42)39-27-17-26(34-18-35-27)36-22-8-5-9-24(15-22)43-13-12-40(2)3/h4-11,14-18H,12-13H2,1-3H3,(H,37,41)(H3,34,35,36,38,39,42). The minimum Gasteiger partial charge on any atom is -0.492 e. The normalized spacial score (nSPS) is 11.1. The smallest absolute Gasteiger partial charge is 0.416 e. The van der Waals surface area contributed by atoms with Crippen molar-refractivity contribution in [2.75, 3.05) is 48.5 Å². The molecular weight excluding hydrogens is 563 g/mol. The molecule has 0 bridgehead atoms. The van der Waals surface area contributed by atoms with Crippen molar-refractivity contribution in [3.63, 3.8) is 0 Å². The Bertz CT molecular complexity index is 1600. The van der Waals surface area contributed by atoms with Gasteiger partial charge in [0.1, 0.15) is 30.3 Å². The Hall–Kier alpha value is -5.17. The summed E-state index contributed by atoms with van der Waals surface area (Å²) < 4.78 is 44.9. The number of anilines is 5. The number of ether oxygens (including phenoxy) is 1. The molecule has 3 amide bonds. The van der Waals surface area contributed by atoms with E-state index in [2.05, 4.69) is 31.2 Å². The van der Waals surface area contributed by atoms with Gasteiger partial charge >= 0.3 is 12.2 Å². The van der Waals surface area contributed by atoms with E-state index in [9.17, 15) is 22.8 Å². The Morgan fingerprint density at radius 1 is 0.860 bits per heavy atom. The van der Waals surface area contributed by atoms with E-state index in [4.69, 9.17) is 4.74 Å². The van der Waals surface area contributed by atoms with E-state index in [1.54, 1.807) is 25.1 Å². The Labute approximate surface area is 246 Å². The summed E-state index contributed by atoms with van der Waals surface area (Å²) in [6.07, 6.45) is -3.28. The van der Waals surface area contributed by atoms with Crippen LogP contribution in [0.4, 0.5) is 46.7 Å². The number of aromatic nitrogens is 2. The minimum atomic E-state index is -4.57. The lowest BCUT2D eigenvalue weighted by Gasteiger charge is -2.13. The summed E-state index contributed by atoms with van der Waals surface area (Å²) in [4.78, 5) is 35.7. The van der Waals surface area contributed by atoms with Gasteiger partial charge < -0.3 is 25.6 Å². The van der Waals surface area contributed by atoms with E-state index in [-0.39, 0.29) is 17.1 Å².